The summed E-state index contributed by atoms with van der Waals surface area (Å²) in [7, 11) is 0. The summed E-state index contributed by atoms with van der Waals surface area (Å²) in [5, 5.41) is 18.5. The van der Waals surface area contributed by atoms with Crippen molar-refractivity contribution in [1.29, 1.82) is 0 Å². The highest BCUT2D eigenvalue weighted by molar-refractivity contribution is 5.67. The Balaban J connectivity index is 1.75. The van der Waals surface area contributed by atoms with Gasteiger partial charge in [-0.1, -0.05) is 13.8 Å². The van der Waals surface area contributed by atoms with Crippen LogP contribution >= 0.6 is 0 Å². The van der Waals surface area contributed by atoms with E-state index in [9.17, 15) is 5.11 Å². The Morgan fingerprint density at radius 2 is 2.27 bits per heavy atom. The Labute approximate surface area is 130 Å². The monoisotopic (exact) mass is 304 g/mol. The molecule has 0 aliphatic heterocycles. The molecule has 0 amide bonds. The smallest absolute Gasteiger partial charge is 0.152 e. The highest BCUT2D eigenvalue weighted by atomic mass is 16.5. The Morgan fingerprint density at radius 3 is 2.95 bits per heavy atom. The van der Waals surface area contributed by atoms with Crippen molar-refractivity contribution in [2.24, 2.45) is 5.41 Å². The number of hydrogen-bond donors (Lipinski definition) is 2. The summed E-state index contributed by atoms with van der Waals surface area (Å²) in [5.74, 6) is 0.743. The molecular formula is C16H24N4O2. The van der Waals surface area contributed by atoms with Crippen molar-refractivity contribution in [3.8, 4) is 0 Å². The van der Waals surface area contributed by atoms with E-state index in [1.54, 1.807) is 10.7 Å². The number of rotatable bonds is 5. The lowest BCUT2D eigenvalue weighted by Gasteiger charge is -2.58. The van der Waals surface area contributed by atoms with Crippen LogP contribution in [0, 0.1) is 12.3 Å². The lowest BCUT2D eigenvalue weighted by atomic mass is 9.56. The zero-order chi connectivity index (χ0) is 16.0. The van der Waals surface area contributed by atoms with E-state index in [0.29, 0.717) is 19.6 Å². The van der Waals surface area contributed by atoms with Gasteiger partial charge in [-0.2, -0.15) is 5.10 Å². The highest BCUT2D eigenvalue weighted by Crippen LogP contribution is 2.51. The number of aliphatic hydroxyl groups is 1. The molecule has 2 aromatic heterocycles. The van der Waals surface area contributed by atoms with Crippen molar-refractivity contribution >= 4 is 11.3 Å². The van der Waals surface area contributed by atoms with Gasteiger partial charge in [0.1, 0.15) is 5.52 Å². The summed E-state index contributed by atoms with van der Waals surface area (Å²) in [5.41, 5.74) is 0.783. The van der Waals surface area contributed by atoms with Crippen molar-refractivity contribution in [2.75, 3.05) is 18.5 Å². The molecule has 6 heteroatoms. The summed E-state index contributed by atoms with van der Waals surface area (Å²) in [4.78, 5) is 4.37. The minimum absolute atomic E-state index is 0.102. The molecule has 2 aromatic rings. The first-order valence-electron chi connectivity index (χ1n) is 7.76. The lowest BCUT2D eigenvalue weighted by molar-refractivity contribution is -0.233. The molecule has 3 rings (SSSR count). The van der Waals surface area contributed by atoms with Crippen LogP contribution in [0.4, 0.5) is 5.82 Å². The fraction of sp³-hybridized carbons (Fsp3) is 0.625. The largest absolute Gasteiger partial charge is 0.387 e. The standard InChI is InChI=1S/C16H24N4O2/c1-5-22-13-9-16(21,15(13,3)4)10-18-14-12-8-11(2)19-20(12)7-6-17-14/h6-8,13,21H,5,9-10H2,1-4H3,(H,17,18). The van der Waals surface area contributed by atoms with Crippen molar-refractivity contribution < 1.29 is 9.84 Å². The van der Waals surface area contributed by atoms with Crippen LogP contribution in [0.2, 0.25) is 0 Å². The number of fused-ring (bicyclic) bond motifs is 1. The van der Waals surface area contributed by atoms with E-state index in [4.69, 9.17) is 4.74 Å². The van der Waals surface area contributed by atoms with Crippen LogP contribution in [0.25, 0.3) is 5.52 Å². The van der Waals surface area contributed by atoms with E-state index in [2.05, 4.69) is 29.2 Å². The van der Waals surface area contributed by atoms with Crippen LogP contribution < -0.4 is 5.32 Å². The van der Waals surface area contributed by atoms with E-state index in [1.807, 2.05) is 26.1 Å². The molecule has 0 spiro atoms. The molecular weight excluding hydrogens is 280 g/mol. The number of anilines is 1. The number of nitrogens with one attached hydrogen (secondary N) is 1. The highest BCUT2D eigenvalue weighted by Gasteiger charge is 2.59. The molecule has 0 radical (unpaired) electrons. The lowest BCUT2D eigenvalue weighted by Crippen LogP contribution is -2.67. The van der Waals surface area contributed by atoms with Gasteiger partial charge in [0.15, 0.2) is 5.82 Å². The first-order chi connectivity index (χ1) is 10.4. The zero-order valence-corrected chi connectivity index (χ0v) is 13.6. The molecule has 120 valence electrons. The maximum Gasteiger partial charge on any atom is 0.152 e. The summed E-state index contributed by atoms with van der Waals surface area (Å²) in [6, 6.07) is 1.98. The molecule has 2 heterocycles. The third-order valence-corrected chi connectivity index (χ3v) is 4.96. The first-order valence-corrected chi connectivity index (χ1v) is 7.76. The van der Waals surface area contributed by atoms with Gasteiger partial charge in [-0.25, -0.2) is 9.50 Å². The topological polar surface area (TPSA) is 71.7 Å². The number of ether oxygens (including phenoxy) is 1. The third kappa shape index (κ3) is 2.27. The van der Waals surface area contributed by atoms with Gasteiger partial charge >= 0.3 is 0 Å². The predicted octanol–water partition coefficient (Wildman–Crippen LogP) is 2.02. The second-order valence-corrected chi connectivity index (χ2v) is 6.65. The second kappa shape index (κ2) is 5.21. The van der Waals surface area contributed by atoms with Gasteiger partial charge in [0.05, 0.1) is 17.4 Å². The minimum atomic E-state index is -0.795. The molecule has 0 saturated heterocycles. The summed E-state index contributed by atoms with van der Waals surface area (Å²) < 4.78 is 7.49. The van der Waals surface area contributed by atoms with Gasteiger partial charge in [0.25, 0.3) is 0 Å². The molecule has 1 aliphatic carbocycles. The fourth-order valence-corrected chi connectivity index (χ4v) is 3.17. The number of aryl methyl sites for hydroxylation is 1. The molecule has 1 aliphatic rings. The van der Waals surface area contributed by atoms with Crippen LogP contribution in [0.1, 0.15) is 32.9 Å². The van der Waals surface area contributed by atoms with E-state index in [0.717, 1.165) is 17.0 Å². The molecule has 2 N–H and O–H groups in total. The number of hydrogen-bond acceptors (Lipinski definition) is 5. The minimum Gasteiger partial charge on any atom is -0.387 e. The molecule has 1 fully saturated rings. The molecule has 2 unspecified atom stereocenters. The van der Waals surface area contributed by atoms with Crippen LogP contribution in [-0.2, 0) is 4.74 Å². The van der Waals surface area contributed by atoms with Crippen LogP contribution in [0.15, 0.2) is 18.5 Å². The van der Waals surface area contributed by atoms with Gasteiger partial charge in [-0.05, 0) is 19.9 Å². The van der Waals surface area contributed by atoms with E-state index in [1.165, 1.54) is 0 Å². The predicted molar refractivity (Wildman–Crippen MR) is 85.0 cm³/mol. The van der Waals surface area contributed by atoms with Crippen LogP contribution in [0.3, 0.4) is 0 Å². The molecule has 22 heavy (non-hydrogen) atoms. The zero-order valence-electron chi connectivity index (χ0n) is 13.6. The number of aromatic nitrogens is 3. The summed E-state index contributed by atoms with van der Waals surface area (Å²) in [6.07, 6.45) is 4.27. The van der Waals surface area contributed by atoms with Crippen LogP contribution in [0.5, 0.6) is 0 Å². The van der Waals surface area contributed by atoms with Gasteiger partial charge in [0.2, 0.25) is 0 Å². The maximum atomic E-state index is 10.9. The van der Waals surface area contributed by atoms with Crippen molar-refractivity contribution in [2.45, 2.75) is 45.8 Å². The van der Waals surface area contributed by atoms with Crippen molar-refractivity contribution in [3.05, 3.63) is 24.2 Å². The average Bonchev–Trinajstić information content (AvgIpc) is 2.85. The molecule has 1 saturated carbocycles. The Kier molecular flexibility index (Phi) is 3.61. The maximum absolute atomic E-state index is 10.9. The fourth-order valence-electron chi connectivity index (χ4n) is 3.17. The Hall–Kier alpha value is -1.66. The SMILES string of the molecule is CCOC1CC(O)(CNc2nccn3nc(C)cc23)C1(C)C. The summed E-state index contributed by atoms with van der Waals surface area (Å²) >= 11 is 0. The summed E-state index contributed by atoms with van der Waals surface area (Å²) in [6.45, 7) is 9.16. The Morgan fingerprint density at radius 1 is 1.50 bits per heavy atom. The quantitative estimate of drug-likeness (QED) is 0.884. The molecule has 6 nitrogen and oxygen atoms in total. The first kappa shape index (κ1) is 15.2. The Bertz CT molecular complexity index is 682. The number of nitrogens with zero attached hydrogens (tertiary/aromatic N) is 3. The van der Waals surface area contributed by atoms with Gasteiger partial charge in [0, 0.05) is 37.4 Å². The third-order valence-electron chi connectivity index (χ3n) is 4.96. The van der Waals surface area contributed by atoms with Gasteiger partial charge in [-0.15, -0.1) is 0 Å². The van der Waals surface area contributed by atoms with E-state index < -0.39 is 5.60 Å². The average molecular weight is 304 g/mol. The van der Waals surface area contributed by atoms with E-state index in [-0.39, 0.29) is 11.5 Å². The second-order valence-electron chi connectivity index (χ2n) is 6.65. The van der Waals surface area contributed by atoms with Gasteiger partial charge in [-0.3, -0.25) is 0 Å². The van der Waals surface area contributed by atoms with E-state index >= 15 is 0 Å². The van der Waals surface area contributed by atoms with Crippen molar-refractivity contribution in [3.63, 3.8) is 0 Å². The normalized spacial score (nSPS) is 26.9. The molecule has 0 aromatic carbocycles. The molecule has 0 bridgehead atoms. The van der Waals surface area contributed by atoms with Gasteiger partial charge < -0.3 is 15.2 Å². The van der Waals surface area contributed by atoms with Crippen LogP contribution in [-0.4, -0.2) is 44.6 Å². The molecule has 2 atom stereocenters. The van der Waals surface area contributed by atoms with Crippen molar-refractivity contribution in [1.82, 2.24) is 14.6 Å².